The van der Waals surface area contributed by atoms with Crippen LogP contribution in [0.25, 0.3) is 0 Å². The average Bonchev–Trinajstić information content (AvgIpc) is 2.49. The van der Waals surface area contributed by atoms with Crippen LogP contribution >= 0.6 is 0 Å². The molecule has 0 aliphatic heterocycles. The predicted molar refractivity (Wildman–Crippen MR) is 97.8 cm³/mol. The van der Waals surface area contributed by atoms with Gasteiger partial charge >= 0.3 is 0 Å². The fourth-order valence-electron chi connectivity index (χ4n) is 2.69. The van der Waals surface area contributed by atoms with Gasteiger partial charge in [-0.15, -0.1) is 0 Å². The molecule has 0 aliphatic carbocycles. The Kier molecular flexibility index (Phi) is 20.0. The summed E-state index contributed by atoms with van der Waals surface area (Å²) < 4.78 is 12.7. The number of unbranched alkanes of at least 4 members (excludes halogenated alkanes) is 6. The third-order valence-electron chi connectivity index (χ3n) is 4.20. The van der Waals surface area contributed by atoms with Crippen LogP contribution in [0.15, 0.2) is 0 Å². The fraction of sp³-hybridized carbons (Fsp3) is 1.00. The van der Waals surface area contributed by atoms with Crippen LogP contribution in [0.5, 0.6) is 0 Å². The molecule has 0 amide bonds. The SMILES string of the molecule is CCCCCCOCC(C[N+](C)(C)CCO)OCCCCCC.[Br-]. The second-order valence-electron chi connectivity index (χ2n) is 7.25. The highest BCUT2D eigenvalue weighted by molar-refractivity contribution is 4.57. The first-order valence-corrected chi connectivity index (χ1v) is 9.68. The maximum Gasteiger partial charge on any atom is 0.130 e. The Bertz CT molecular complexity index is 253. The van der Waals surface area contributed by atoms with E-state index in [4.69, 9.17) is 9.47 Å². The summed E-state index contributed by atoms with van der Waals surface area (Å²) in [6.07, 6.45) is 10.0. The Hall–Kier alpha value is 0.320. The summed E-state index contributed by atoms with van der Waals surface area (Å²) >= 11 is 0. The van der Waals surface area contributed by atoms with Crippen molar-refractivity contribution in [1.82, 2.24) is 0 Å². The number of hydrogen-bond donors (Lipinski definition) is 1. The van der Waals surface area contributed by atoms with Gasteiger partial charge in [0, 0.05) is 13.2 Å². The molecule has 1 atom stereocenters. The fourth-order valence-corrected chi connectivity index (χ4v) is 2.69. The van der Waals surface area contributed by atoms with Gasteiger partial charge < -0.3 is 36.0 Å². The van der Waals surface area contributed by atoms with Crippen LogP contribution in [0, 0.1) is 0 Å². The van der Waals surface area contributed by atoms with Crippen molar-refractivity contribution in [3.05, 3.63) is 0 Å². The van der Waals surface area contributed by atoms with E-state index in [9.17, 15) is 5.11 Å². The Morgan fingerprint density at radius 2 is 1.46 bits per heavy atom. The monoisotopic (exact) mass is 411 g/mol. The topological polar surface area (TPSA) is 38.7 Å². The molecular formula is C19H42BrNO3. The Morgan fingerprint density at radius 1 is 0.875 bits per heavy atom. The van der Waals surface area contributed by atoms with Crippen molar-refractivity contribution in [2.24, 2.45) is 0 Å². The molecule has 0 aromatic heterocycles. The van der Waals surface area contributed by atoms with E-state index in [1.807, 2.05) is 0 Å². The third-order valence-corrected chi connectivity index (χ3v) is 4.20. The number of aliphatic hydroxyl groups is 1. The van der Waals surface area contributed by atoms with E-state index < -0.39 is 0 Å². The molecular weight excluding hydrogens is 370 g/mol. The van der Waals surface area contributed by atoms with Gasteiger partial charge in [-0.1, -0.05) is 52.4 Å². The zero-order valence-electron chi connectivity index (χ0n) is 16.6. The zero-order chi connectivity index (χ0) is 17.4. The molecule has 0 fully saturated rings. The highest BCUT2D eigenvalue weighted by Crippen LogP contribution is 2.07. The van der Waals surface area contributed by atoms with Gasteiger partial charge in [0.05, 0.1) is 27.3 Å². The van der Waals surface area contributed by atoms with Crippen molar-refractivity contribution in [2.45, 2.75) is 71.3 Å². The quantitative estimate of drug-likeness (QED) is 0.281. The van der Waals surface area contributed by atoms with Crippen molar-refractivity contribution in [2.75, 3.05) is 53.6 Å². The number of aliphatic hydroxyl groups excluding tert-OH is 1. The number of halogens is 1. The first-order valence-electron chi connectivity index (χ1n) is 9.68. The molecule has 0 aromatic rings. The second kappa shape index (κ2) is 18.1. The molecule has 24 heavy (non-hydrogen) atoms. The van der Waals surface area contributed by atoms with E-state index in [1.54, 1.807) is 0 Å². The summed E-state index contributed by atoms with van der Waals surface area (Å²) in [5.74, 6) is 0. The summed E-state index contributed by atoms with van der Waals surface area (Å²) in [6, 6.07) is 0. The van der Waals surface area contributed by atoms with Crippen molar-refractivity contribution < 1.29 is 36.0 Å². The number of likely N-dealkylation sites (N-methyl/N-ethyl adjacent to an activating group) is 1. The van der Waals surface area contributed by atoms with Crippen molar-refractivity contribution in [3.8, 4) is 0 Å². The summed E-state index contributed by atoms with van der Waals surface area (Å²) in [4.78, 5) is 0. The lowest BCUT2D eigenvalue weighted by molar-refractivity contribution is -0.893. The normalized spacial score (nSPS) is 12.9. The lowest BCUT2D eigenvalue weighted by Gasteiger charge is -2.32. The summed E-state index contributed by atoms with van der Waals surface area (Å²) in [5, 5.41) is 9.20. The number of quaternary nitrogens is 1. The minimum Gasteiger partial charge on any atom is -1.00 e. The minimum absolute atomic E-state index is 0. The van der Waals surface area contributed by atoms with Crippen molar-refractivity contribution in [3.63, 3.8) is 0 Å². The summed E-state index contributed by atoms with van der Waals surface area (Å²) in [7, 11) is 4.29. The highest BCUT2D eigenvalue weighted by Gasteiger charge is 2.22. The van der Waals surface area contributed by atoms with Crippen LogP contribution in [0.2, 0.25) is 0 Å². The maximum absolute atomic E-state index is 9.20. The third kappa shape index (κ3) is 17.2. The molecule has 0 saturated carbocycles. The van der Waals surface area contributed by atoms with Crippen LogP contribution in [-0.2, 0) is 9.47 Å². The predicted octanol–water partition coefficient (Wildman–Crippen LogP) is 0.622. The minimum atomic E-state index is 0. The number of ether oxygens (including phenoxy) is 2. The molecule has 0 aromatic carbocycles. The van der Waals surface area contributed by atoms with Crippen LogP contribution in [0.3, 0.4) is 0 Å². The molecule has 0 aliphatic rings. The molecule has 1 N–H and O–H groups in total. The largest absolute Gasteiger partial charge is 1.00 e. The highest BCUT2D eigenvalue weighted by atomic mass is 79.9. The van der Waals surface area contributed by atoms with Gasteiger partial charge in [0.2, 0.25) is 0 Å². The van der Waals surface area contributed by atoms with Crippen LogP contribution in [0.1, 0.15) is 65.2 Å². The van der Waals surface area contributed by atoms with E-state index in [1.165, 1.54) is 38.5 Å². The molecule has 1 unspecified atom stereocenters. The first-order chi connectivity index (χ1) is 11.1. The van der Waals surface area contributed by atoms with E-state index in [2.05, 4.69) is 27.9 Å². The summed E-state index contributed by atoms with van der Waals surface area (Å²) in [5.41, 5.74) is 0. The van der Waals surface area contributed by atoms with E-state index in [-0.39, 0.29) is 29.7 Å². The standard InChI is InChI=1S/C19H42NO3.BrH/c1-5-7-9-11-15-22-18-19(17-20(3,4)13-14-21)23-16-12-10-8-6-2;/h19,21H,5-18H2,1-4H3;1H/q+1;/p-1. The van der Waals surface area contributed by atoms with Crippen LogP contribution < -0.4 is 17.0 Å². The number of nitrogens with zero attached hydrogens (tertiary/aromatic N) is 1. The number of hydrogen-bond acceptors (Lipinski definition) is 3. The molecule has 0 radical (unpaired) electrons. The zero-order valence-corrected chi connectivity index (χ0v) is 18.2. The molecule has 0 bridgehead atoms. The molecule has 5 heteroatoms. The van der Waals surface area contributed by atoms with E-state index in [0.717, 1.165) is 43.6 Å². The molecule has 0 heterocycles. The Balaban J connectivity index is 0. The molecule has 0 spiro atoms. The Labute approximate surface area is 161 Å². The molecule has 0 rings (SSSR count). The van der Waals surface area contributed by atoms with E-state index >= 15 is 0 Å². The molecule has 4 nitrogen and oxygen atoms in total. The van der Waals surface area contributed by atoms with E-state index in [0.29, 0.717) is 6.61 Å². The second-order valence-corrected chi connectivity index (χ2v) is 7.25. The van der Waals surface area contributed by atoms with Gasteiger partial charge in [-0.3, -0.25) is 0 Å². The number of rotatable bonds is 17. The first kappa shape index (κ1) is 26.5. The molecule has 0 saturated heterocycles. The van der Waals surface area contributed by atoms with Gasteiger partial charge in [0.15, 0.2) is 0 Å². The average molecular weight is 412 g/mol. The van der Waals surface area contributed by atoms with Gasteiger partial charge in [0.1, 0.15) is 19.2 Å². The van der Waals surface area contributed by atoms with Crippen LogP contribution in [0.4, 0.5) is 0 Å². The van der Waals surface area contributed by atoms with Crippen LogP contribution in [-0.4, -0.2) is 69.3 Å². The lowest BCUT2D eigenvalue weighted by Crippen LogP contribution is -3.00. The van der Waals surface area contributed by atoms with Crippen molar-refractivity contribution in [1.29, 1.82) is 0 Å². The lowest BCUT2D eigenvalue weighted by atomic mass is 10.2. The van der Waals surface area contributed by atoms with Gasteiger partial charge in [-0.05, 0) is 12.8 Å². The van der Waals surface area contributed by atoms with Gasteiger partial charge in [0.25, 0.3) is 0 Å². The van der Waals surface area contributed by atoms with Gasteiger partial charge in [-0.25, -0.2) is 0 Å². The smallest absolute Gasteiger partial charge is 0.130 e. The molecule has 148 valence electrons. The van der Waals surface area contributed by atoms with Crippen molar-refractivity contribution >= 4 is 0 Å². The maximum atomic E-state index is 9.20. The van der Waals surface area contributed by atoms with Gasteiger partial charge in [-0.2, -0.15) is 0 Å². The summed E-state index contributed by atoms with van der Waals surface area (Å²) in [6.45, 7) is 8.65. The Morgan fingerprint density at radius 3 is 2.00 bits per heavy atom.